The highest BCUT2D eigenvalue weighted by molar-refractivity contribution is 5.56. The van der Waals surface area contributed by atoms with E-state index in [0.29, 0.717) is 24.6 Å². The summed E-state index contributed by atoms with van der Waals surface area (Å²) in [6.07, 6.45) is 1.38. The lowest BCUT2D eigenvalue weighted by atomic mass is 10.2. The van der Waals surface area contributed by atoms with E-state index in [0.717, 1.165) is 5.69 Å². The van der Waals surface area contributed by atoms with Crippen molar-refractivity contribution < 1.29 is 14.2 Å². The van der Waals surface area contributed by atoms with Crippen LogP contribution in [0.3, 0.4) is 0 Å². The first-order valence-electron chi connectivity index (χ1n) is 5.99. The Morgan fingerprint density at radius 1 is 1.32 bits per heavy atom. The molecule has 0 bridgehead atoms. The zero-order valence-electron chi connectivity index (χ0n) is 10.6. The maximum Gasteiger partial charge on any atom is 0.145 e. The van der Waals surface area contributed by atoms with Crippen LogP contribution >= 0.6 is 0 Å². The average Bonchev–Trinajstić information content (AvgIpc) is 2.40. The maximum atomic E-state index is 13.1. The molecular formula is C14H15FN2O2. The number of hydrogen-bond donors (Lipinski definition) is 2. The molecule has 0 unspecified atom stereocenters. The van der Waals surface area contributed by atoms with Gasteiger partial charge >= 0.3 is 0 Å². The number of nitrogens with zero attached hydrogens (tertiary/aromatic N) is 1. The molecule has 0 spiro atoms. The van der Waals surface area contributed by atoms with Gasteiger partial charge in [-0.05, 0) is 31.2 Å². The summed E-state index contributed by atoms with van der Waals surface area (Å²) >= 11 is 0. The van der Waals surface area contributed by atoms with Crippen molar-refractivity contribution in [3.05, 3.63) is 48.0 Å². The fourth-order valence-electron chi connectivity index (χ4n) is 1.62. The molecule has 19 heavy (non-hydrogen) atoms. The van der Waals surface area contributed by atoms with Gasteiger partial charge in [0.1, 0.15) is 17.3 Å². The molecule has 0 saturated carbocycles. The number of pyridine rings is 1. The number of hydrogen-bond acceptors (Lipinski definition) is 4. The third-order valence-electron chi connectivity index (χ3n) is 2.51. The van der Waals surface area contributed by atoms with Crippen molar-refractivity contribution in [1.29, 1.82) is 0 Å². The van der Waals surface area contributed by atoms with Crippen molar-refractivity contribution in [3.63, 3.8) is 0 Å². The summed E-state index contributed by atoms with van der Waals surface area (Å²) in [7, 11) is 0. The molecule has 1 aromatic carbocycles. The van der Waals surface area contributed by atoms with Crippen LogP contribution < -0.4 is 10.1 Å². The minimum atomic E-state index is -0.336. The van der Waals surface area contributed by atoms with Crippen LogP contribution in [-0.2, 0) is 6.54 Å². The van der Waals surface area contributed by atoms with Gasteiger partial charge in [-0.25, -0.2) is 4.39 Å². The minimum absolute atomic E-state index is 0.125. The average molecular weight is 262 g/mol. The largest absolute Gasteiger partial charge is 0.506 e. The topological polar surface area (TPSA) is 54.4 Å². The Labute approximate surface area is 110 Å². The van der Waals surface area contributed by atoms with Gasteiger partial charge in [0.25, 0.3) is 0 Å². The smallest absolute Gasteiger partial charge is 0.145 e. The first kappa shape index (κ1) is 13.1. The van der Waals surface area contributed by atoms with E-state index in [4.69, 9.17) is 9.84 Å². The molecular weight excluding hydrogens is 247 g/mol. The van der Waals surface area contributed by atoms with E-state index >= 15 is 0 Å². The van der Waals surface area contributed by atoms with Crippen LogP contribution in [-0.4, -0.2) is 16.7 Å². The SMILES string of the molecule is CCOc1cc(F)ccc1NCc1ccc(O)cn1. The molecule has 2 aromatic rings. The fraction of sp³-hybridized carbons (Fsp3) is 0.214. The summed E-state index contributed by atoms with van der Waals surface area (Å²) in [5.74, 6) is 0.263. The van der Waals surface area contributed by atoms with E-state index in [1.54, 1.807) is 18.2 Å². The summed E-state index contributed by atoms with van der Waals surface area (Å²) in [5, 5.41) is 12.3. The summed E-state index contributed by atoms with van der Waals surface area (Å²) in [6.45, 7) is 2.78. The second-order valence-electron chi connectivity index (χ2n) is 3.93. The molecule has 0 atom stereocenters. The molecule has 100 valence electrons. The Balaban J connectivity index is 2.08. The normalized spacial score (nSPS) is 10.2. The van der Waals surface area contributed by atoms with E-state index in [9.17, 15) is 4.39 Å². The van der Waals surface area contributed by atoms with Crippen molar-refractivity contribution in [2.24, 2.45) is 0 Å². The molecule has 0 radical (unpaired) electrons. The van der Waals surface area contributed by atoms with E-state index in [1.165, 1.54) is 18.3 Å². The molecule has 1 heterocycles. The van der Waals surface area contributed by atoms with Gasteiger partial charge in [0.15, 0.2) is 0 Å². The Hall–Kier alpha value is -2.30. The number of benzene rings is 1. The Morgan fingerprint density at radius 2 is 2.16 bits per heavy atom. The molecule has 5 heteroatoms. The molecule has 0 amide bonds. The highest BCUT2D eigenvalue weighted by atomic mass is 19.1. The highest BCUT2D eigenvalue weighted by Crippen LogP contribution is 2.25. The van der Waals surface area contributed by atoms with Crippen LogP contribution in [0.25, 0.3) is 0 Å². The quantitative estimate of drug-likeness (QED) is 0.870. The van der Waals surface area contributed by atoms with Crippen molar-refractivity contribution in [2.75, 3.05) is 11.9 Å². The summed E-state index contributed by atoms with van der Waals surface area (Å²) in [6, 6.07) is 7.62. The number of anilines is 1. The van der Waals surface area contributed by atoms with Crippen molar-refractivity contribution in [3.8, 4) is 11.5 Å². The summed E-state index contributed by atoms with van der Waals surface area (Å²) < 4.78 is 18.5. The highest BCUT2D eigenvalue weighted by Gasteiger charge is 2.05. The van der Waals surface area contributed by atoms with Crippen LogP contribution in [0.15, 0.2) is 36.5 Å². The molecule has 1 aromatic heterocycles. The van der Waals surface area contributed by atoms with Gasteiger partial charge in [-0.3, -0.25) is 4.98 Å². The van der Waals surface area contributed by atoms with Gasteiger partial charge in [0, 0.05) is 6.07 Å². The molecule has 2 N–H and O–H groups in total. The lowest BCUT2D eigenvalue weighted by Gasteiger charge is -2.12. The lowest BCUT2D eigenvalue weighted by Crippen LogP contribution is -2.04. The molecule has 0 aliphatic carbocycles. The van der Waals surface area contributed by atoms with Crippen LogP contribution in [0.1, 0.15) is 12.6 Å². The lowest BCUT2D eigenvalue weighted by molar-refractivity contribution is 0.339. The maximum absolute atomic E-state index is 13.1. The number of rotatable bonds is 5. The van der Waals surface area contributed by atoms with Crippen molar-refractivity contribution in [2.45, 2.75) is 13.5 Å². The second kappa shape index (κ2) is 6.04. The number of halogens is 1. The first-order chi connectivity index (χ1) is 9.19. The zero-order valence-corrected chi connectivity index (χ0v) is 10.6. The van der Waals surface area contributed by atoms with Gasteiger partial charge in [-0.2, -0.15) is 0 Å². The number of nitrogens with one attached hydrogen (secondary N) is 1. The predicted octanol–water partition coefficient (Wildman–Crippen LogP) is 2.94. The molecule has 0 aliphatic heterocycles. The molecule has 0 fully saturated rings. The van der Waals surface area contributed by atoms with Crippen molar-refractivity contribution in [1.82, 2.24) is 4.98 Å². The second-order valence-corrected chi connectivity index (χ2v) is 3.93. The number of ether oxygens (including phenoxy) is 1. The third-order valence-corrected chi connectivity index (χ3v) is 2.51. The van der Waals surface area contributed by atoms with Gasteiger partial charge in [0.05, 0.1) is 30.7 Å². The van der Waals surface area contributed by atoms with Crippen LogP contribution in [0, 0.1) is 5.82 Å². The number of aromatic nitrogens is 1. The van der Waals surface area contributed by atoms with E-state index in [2.05, 4.69) is 10.3 Å². The predicted molar refractivity (Wildman–Crippen MR) is 70.8 cm³/mol. The monoisotopic (exact) mass is 262 g/mol. The zero-order chi connectivity index (χ0) is 13.7. The number of aromatic hydroxyl groups is 1. The van der Waals surface area contributed by atoms with Crippen LogP contribution in [0.2, 0.25) is 0 Å². The molecule has 4 nitrogen and oxygen atoms in total. The van der Waals surface area contributed by atoms with Gasteiger partial charge in [-0.1, -0.05) is 0 Å². The molecule has 0 aliphatic rings. The Bertz CT molecular complexity index is 544. The van der Waals surface area contributed by atoms with E-state index in [1.807, 2.05) is 6.92 Å². The fourth-order valence-corrected chi connectivity index (χ4v) is 1.62. The molecule has 2 rings (SSSR count). The van der Waals surface area contributed by atoms with Gasteiger partial charge in [0.2, 0.25) is 0 Å². The van der Waals surface area contributed by atoms with Crippen LogP contribution in [0.4, 0.5) is 10.1 Å². The van der Waals surface area contributed by atoms with Crippen molar-refractivity contribution >= 4 is 5.69 Å². The van der Waals surface area contributed by atoms with E-state index in [-0.39, 0.29) is 11.6 Å². The minimum Gasteiger partial charge on any atom is -0.506 e. The van der Waals surface area contributed by atoms with E-state index < -0.39 is 0 Å². The van der Waals surface area contributed by atoms with Crippen LogP contribution in [0.5, 0.6) is 11.5 Å². The Kier molecular flexibility index (Phi) is 4.18. The van der Waals surface area contributed by atoms with Gasteiger partial charge < -0.3 is 15.2 Å². The third kappa shape index (κ3) is 3.58. The standard InChI is InChI=1S/C14H15FN2O2/c1-2-19-14-7-10(15)3-6-13(14)17-8-11-4-5-12(18)9-16-11/h3-7,9,17-18H,2,8H2,1H3. The van der Waals surface area contributed by atoms with Gasteiger partial charge in [-0.15, -0.1) is 0 Å². The first-order valence-corrected chi connectivity index (χ1v) is 5.99. The Morgan fingerprint density at radius 3 is 2.84 bits per heavy atom. The summed E-state index contributed by atoms with van der Waals surface area (Å²) in [5.41, 5.74) is 1.47. The molecule has 0 saturated heterocycles. The summed E-state index contributed by atoms with van der Waals surface area (Å²) in [4.78, 5) is 4.06.